The first-order chi connectivity index (χ1) is 12.6. The predicted molar refractivity (Wildman–Crippen MR) is 96.9 cm³/mol. The van der Waals surface area contributed by atoms with Gasteiger partial charge in [0.05, 0.1) is 13.5 Å². The van der Waals surface area contributed by atoms with Crippen molar-refractivity contribution in [2.45, 2.75) is 71.2 Å². The van der Waals surface area contributed by atoms with Gasteiger partial charge in [0.2, 0.25) is 12.4 Å². The number of nitrogens with two attached hydrogens (primary N) is 2. The van der Waals surface area contributed by atoms with Gasteiger partial charge in [-0.2, -0.15) is 0 Å². The van der Waals surface area contributed by atoms with Crippen LogP contribution in [0.3, 0.4) is 0 Å². The summed E-state index contributed by atoms with van der Waals surface area (Å²) in [6.07, 6.45) is -0.802. The third kappa shape index (κ3) is 8.04. The number of rotatable bonds is 12. The van der Waals surface area contributed by atoms with Crippen molar-refractivity contribution in [3.63, 3.8) is 0 Å². The molecule has 1 radical (unpaired) electrons. The molecular formula is C18H31N2O7. The smallest absolute Gasteiger partial charge is 0.324 e. The van der Waals surface area contributed by atoms with Crippen molar-refractivity contribution in [1.29, 1.82) is 0 Å². The van der Waals surface area contributed by atoms with E-state index in [1.54, 1.807) is 13.8 Å². The Hall–Kier alpha value is -2.00. The van der Waals surface area contributed by atoms with Gasteiger partial charge in [0, 0.05) is 0 Å². The normalized spacial score (nSPS) is 17.6. The van der Waals surface area contributed by atoms with Crippen molar-refractivity contribution in [2.24, 2.45) is 23.3 Å². The lowest BCUT2D eigenvalue weighted by Crippen LogP contribution is -2.47. The summed E-state index contributed by atoms with van der Waals surface area (Å²) >= 11 is 0. The standard InChI is InChI=1S/C18H31N2O7/c1-6-10(3)15(19)17(23)26-12(8-14(22)25-5)13(9-21)27-18(24)16(20)11(4)7-2/h10-13,15-16H,6-8,19-20H2,1-5H3/t10-,11-,12?,13?,15-,16-/m0/s1. The van der Waals surface area contributed by atoms with E-state index in [2.05, 4.69) is 4.74 Å². The zero-order valence-electron chi connectivity index (χ0n) is 16.6. The minimum atomic E-state index is -1.63. The minimum Gasteiger partial charge on any atom is -0.469 e. The van der Waals surface area contributed by atoms with Gasteiger partial charge in [-0.3, -0.25) is 19.2 Å². The molecule has 6 atom stereocenters. The number of ether oxygens (including phenoxy) is 3. The summed E-state index contributed by atoms with van der Waals surface area (Å²) in [6, 6.07) is -1.93. The Balaban J connectivity index is 5.32. The zero-order valence-corrected chi connectivity index (χ0v) is 16.6. The molecule has 0 heterocycles. The zero-order chi connectivity index (χ0) is 21.1. The molecule has 0 aliphatic heterocycles. The number of hydrogen-bond acceptors (Lipinski definition) is 9. The van der Waals surface area contributed by atoms with Crippen LogP contribution in [0.4, 0.5) is 0 Å². The van der Waals surface area contributed by atoms with Crippen molar-refractivity contribution < 1.29 is 33.4 Å². The van der Waals surface area contributed by atoms with E-state index in [0.29, 0.717) is 12.8 Å². The Morgan fingerprint density at radius 3 is 1.74 bits per heavy atom. The molecule has 0 aromatic rings. The fraction of sp³-hybridized carbons (Fsp3) is 0.778. The summed E-state index contributed by atoms with van der Waals surface area (Å²) in [5.74, 6) is -2.80. The second kappa shape index (κ2) is 12.4. The summed E-state index contributed by atoms with van der Waals surface area (Å²) in [6.45, 7) is 7.21. The second-order valence-corrected chi connectivity index (χ2v) is 6.55. The third-order valence-corrected chi connectivity index (χ3v) is 4.62. The number of carbonyl (C=O) groups excluding carboxylic acids is 4. The van der Waals surface area contributed by atoms with Crippen molar-refractivity contribution in [3.05, 3.63) is 0 Å². The molecule has 0 aromatic carbocycles. The van der Waals surface area contributed by atoms with Crippen LogP contribution in [0.1, 0.15) is 47.0 Å². The first-order valence-corrected chi connectivity index (χ1v) is 8.99. The van der Waals surface area contributed by atoms with Crippen LogP contribution in [0, 0.1) is 11.8 Å². The van der Waals surface area contributed by atoms with Crippen LogP contribution in [0.15, 0.2) is 0 Å². The van der Waals surface area contributed by atoms with Gasteiger partial charge < -0.3 is 25.7 Å². The summed E-state index contributed by atoms with van der Waals surface area (Å²) in [5, 5.41) is 0. The molecule has 27 heavy (non-hydrogen) atoms. The first kappa shape index (κ1) is 25.0. The number of carbonyl (C=O) groups is 3. The second-order valence-electron chi connectivity index (χ2n) is 6.55. The predicted octanol–water partition coefficient (Wildman–Crippen LogP) is 0.230. The van der Waals surface area contributed by atoms with E-state index in [9.17, 15) is 19.2 Å². The molecule has 0 aromatic heterocycles. The maximum absolute atomic E-state index is 12.2. The van der Waals surface area contributed by atoms with Gasteiger partial charge in [-0.1, -0.05) is 40.5 Å². The lowest BCUT2D eigenvalue weighted by Gasteiger charge is -2.26. The highest BCUT2D eigenvalue weighted by Crippen LogP contribution is 2.15. The lowest BCUT2D eigenvalue weighted by atomic mass is 10.00. The average Bonchev–Trinajstić information content (AvgIpc) is 2.68. The molecule has 0 aliphatic carbocycles. The molecule has 4 N–H and O–H groups in total. The number of methoxy groups -OCH3 is 1. The molecule has 0 saturated carbocycles. The van der Waals surface area contributed by atoms with Gasteiger partial charge in [-0.15, -0.1) is 0 Å². The van der Waals surface area contributed by atoms with Crippen LogP contribution in [0.2, 0.25) is 0 Å². The minimum absolute atomic E-state index is 0.184. The third-order valence-electron chi connectivity index (χ3n) is 4.62. The molecule has 155 valence electrons. The highest BCUT2D eigenvalue weighted by molar-refractivity contribution is 5.80. The molecule has 0 amide bonds. The lowest BCUT2D eigenvalue weighted by molar-refractivity contribution is -0.169. The van der Waals surface area contributed by atoms with Gasteiger partial charge in [0.25, 0.3) is 0 Å². The van der Waals surface area contributed by atoms with Crippen LogP contribution >= 0.6 is 0 Å². The van der Waals surface area contributed by atoms with Crippen molar-refractivity contribution in [1.82, 2.24) is 0 Å². The quantitative estimate of drug-likeness (QED) is 0.354. The van der Waals surface area contributed by atoms with Crippen LogP contribution in [-0.2, 0) is 33.4 Å². The molecule has 2 unspecified atom stereocenters. The van der Waals surface area contributed by atoms with Gasteiger partial charge >= 0.3 is 17.9 Å². The Bertz CT molecular complexity index is 512. The van der Waals surface area contributed by atoms with Crippen LogP contribution in [-0.4, -0.2) is 55.6 Å². The molecule has 9 nitrogen and oxygen atoms in total. The molecule has 0 bridgehead atoms. The fourth-order valence-electron chi connectivity index (χ4n) is 2.04. The summed E-state index contributed by atoms with van der Waals surface area (Å²) in [4.78, 5) is 47.3. The Kier molecular flexibility index (Phi) is 11.5. The molecule has 0 fully saturated rings. The number of hydrogen-bond donors (Lipinski definition) is 2. The van der Waals surface area contributed by atoms with Gasteiger partial charge in [0.15, 0.2) is 6.10 Å². The van der Waals surface area contributed by atoms with E-state index >= 15 is 0 Å². The van der Waals surface area contributed by atoms with E-state index in [0.717, 1.165) is 7.11 Å². The summed E-state index contributed by atoms with van der Waals surface area (Å²) in [7, 11) is 1.14. The van der Waals surface area contributed by atoms with Crippen molar-refractivity contribution in [2.75, 3.05) is 7.11 Å². The largest absolute Gasteiger partial charge is 0.469 e. The highest BCUT2D eigenvalue weighted by atomic mass is 16.6. The Morgan fingerprint density at radius 1 is 0.926 bits per heavy atom. The van der Waals surface area contributed by atoms with Crippen LogP contribution < -0.4 is 11.5 Å². The molecule has 0 rings (SSSR count). The van der Waals surface area contributed by atoms with E-state index < -0.39 is 48.6 Å². The molecular weight excluding hydrogens is 356 g/mol. The van der Waals surface area contributed by atoms with Crippen molar-refractivity contribution >= 4 is 24.2 Å². The fourth-order valence-corrected chi connectivity index (χ4v) is 2.04. The monoisotopic (exact) mass is 387 g/mol. The summed E-state index contributed by atoms with van der Waals surface area (Å²) < 4.78 is 14.8. The van der Waals surface area contributed by atoms with E-state index in [4.69, 9.17) is 20.9 Å². The van der Waals surface area contributed by atoms with Crippen LogP contribution in [0.25, 0.3) is 0 Å². The topological polar surface area (TPSA) is 148 Å². The first-order valence-electron chi connectivity index (χ1n) is 8.99. The highest BCUT2D eigenvalue weighted by Gasteiger charge is 2.35. The SMILES string of the molecule is CC[C@H](C)[C@H](N)C(=O)OC([C]=O)C(CC(=O)OC)OC(=O)[C@@H](N)[C@@H](C)CC. The molecule has 0 spiro atoms. The number of esters is 3. The van der Waals surface area contributed by atoms with Crippen molar-refractivity contribution in [3.8, 4) is 0 Å². The summed E-state index contributed by atoms with van der Waals surface area (Å²) in [5.41, 5.74) is 11.6. The maximum atomic E-state index is 12.2. The van der Waals surface area contributed by atoms with Gasteiger partial charge in [0.1, 0.15) is 12.1 Å². The van der Waals surface area contributed by atoms with E-state index in [-0.39, 0.29) is 11.8 Å². The van der Waals surface area contributed by atoms with E-state index in [1.165, 1.54) is 6.29 Å². The Labute approximate surface area is 160 Å². The Morgan fingerprint density at radius 2 is 1.37 bits per heavy atom. The molecule has 9 heteroatoms. The van der Waals surface area contributed by atoms with Gasteiger partial charge in [-0.25, -0.2) is 0 Å². The van der Waals surface area contributed by atoms with Crippen LogP contribution in [0.5, 0.6) is 0 Å². The maximum Gasteiger partial charge on any atom is 0.324 e. The van der Waals surface area contributed by atoms with Gasteiger partial charge in [-0.05, 0) is 11.8 Å². The van der Waals surface area contributed by atoms with E-state index in [1.807, 2.05) is 13.8 Å². The molecule has 0 aliphatic rings. The average molecular weight is 387 g/mol. The molecule has 0 saturated heterocycles.